The summed E-state index contributed by atoms with van der Waals surface area (Å²) >= 11 is 6.06. The molecule has 3 aromatic carbocycles. The number of nitriles is 1. The van der Waals surface area contributed by atoms with Crippen molar-refractivity contribution in [2.24, 2.45) is 5.41 Å². The molecule has 2 aliphatic heterocycles. The lowest BCUT2D eigenvalue weighted by Gasteiger charge is -2.36. The fourth-order valence-electron chi connectivity index (χ4n) is 5.50. The normalized spacial score (nSPS) is 23.5. The number of carbonyl (C=O) groups excluding carboxylic acids is 2. The van der Waals surface area contributed by atoms with Crippen LogP contribution in [0.4, 0.5) is 11.4 Å². The maximum absolute atomic E-state index is 14.2. The number of para-hydroxylation sites is 1. The van der Waals surface area contributed by atoms with Crippen molar-refractivity contribution in [1.82, 2.24) is 0 Å². The lowest BCUT2D eigenvalue weighted by molar-refractivity contribution is -0.384. The molecule has 3 aromatic rings. The van der Waals surface area contributed by atoms with Crippen molar-refractivity contribution in [3.8, 4) is 6.07 Å². The van der Waals surface area contributed by atoms with Gasteiger partial charge in [-0.2, -0.15) is 5.26 Å². The average Bonchev–Trinajstić information content (AvgIpc) is 3.24. The summed E-state index contributed by atoms with van der Waals surface area (Å²) in [6.07, 6.45) is 3.57. The van der Waals surface area contributed by atoms with E-state index >= 15 is 0 Å². The Kier molecular flexibility index (Phi) is 6.02. The van der Waals surface area contributed by atoms with Gasteiger partial charge in [-0.05, 0) is 41.5 Å². The number of ether oxygens (including phenoxy) is 1. The van der Waals surface area contributed by atoms with Gasteiger partial charge in [-0.15, -0.1) is 0 Å². The molecule has 0 saturated carbocycles. The molecule has 184 valence electrons. The summed E-state index contributed by atoms with van der Waals surface area (Å²) in [5.41, 5.74) is 0.340. The number of hydrogen-bond acceptors (Lipinski definition) is 7. The monoisotopic (exact) mass is 513 g/mol. The van der Waals surface area contributed by atoms with Crippen LogP contribution in [0.3, 0.4) is 0 Å². The number of ketones is 1. The van der Waals surface area contributed by atoms with E-state index in [0.717, 1.165) is 5.56 Å². The van der Waals surface area contributed by atoms with E-state index in [0.29, 0.717) is 21.8 Å². The maximum atomic E-state index is 14.2. The average molecular weight is 514 g/mol. The molecule has 37 heavy (non-hydrogen) atoms. The van der Waals surface area contributed by atoms with Crippen LogP contribution >= 0.6 is 11.6 Å². The van der Waals surface area contributed by atoms with Crippen LogP contribution < -0.4 is 4.90 Å². The first-order valence-electron chi connectivity index (χ1n) is 11.4. The topological polar surface area (TPSA) is 114 Å². The first-order chi connectivity index (χ1) is 17.8. The number of fused-ring (bicyclic) bond motifs is 3. The molecular formula is C28H20ClN3O5. The molecule has 0 spiro atoms. The van der Waals surface area contributed by atoms with Gasteiger partial charge in [-0.3, -0.25) is 19.7 Å². The minimum atomic E-state index is -1.82. The molecule has 2 heterocycles. The molecule has 2 aliphatic rings. The van der Waals surface area contributed by atoms with Crippen molar-refractivity contribution >= 4 is 40.8 Å². The Balaban J connectivity index is 1.80. The van der Waals surface area contributed by atoms with E-state index < -0.39 is 34.3 Å². The number of carbonyl (C=O) groups is 2. The second-order valence-electron chi connectivity index (χ2n) is 8.88. The second kappa shape index (κ2) is 9.19. The van der Waals surface area contributed by atoms with Crippen molar-refractivity contribution in [2.45, 2.75) is 18.0 Å². The zero-order valence-electron chi connectivity index (χ0n) is 19.6. The number of halogens is 1. The molecule has 1 fully saturated rings. The molecule has 9 heteroatoms. The van der Waals surface area contributed by atoms with E-state index in [1.165, 1.54) is 31.4 Å². The molecule has 0 aromatic heterocycles. The number of Topliss-reactive ketones (excluding diaryl/α,β-unsaturated/α-hetero) is 1. The molecule has 1 unspecified atom stereocenters. The van der Waals surface area contributed by atoms with E-state index in [1.807, 2.05) is 30.3 Å². The third-order valence-electron chi connectivity index (χ3n) is 7.11. The molecule has 1 saturated heterocycles. The van der Waals surface area contributed by atoms with Gasteiger partial charge in [0.15, 0.2) is 11.2 Å². The minimum absolute atomic E-state index is 0.147. The fourth-order valence-corrected chi connectivity index (χ4v) is 5.62. The Morgan fingerprint density at radius 1 is 1.08 bits per heavy atom. The van der Waals surface area contributed by atoms with Gasteiger partial charge in [0.05, 0.1) is 24.1 Å². The number of nitrogens with zero attached hydrogens (tertiary/aromatic N) is 3. The maximum Gasteiger partial charge on any atom is 0.329 e. The van der Waals surface area contributed by atoms with Crippen molar-refractivity contribution < 1.29 is 19.2 Å². The molecular weight excluding hydrogens is 494 g/mol. The fraction of sp³-hybridized carbons (Fsp3) is 0.179. The first-order valence-corrected chi connectivity index (χ1v) is 11.8. The number of nitro benzene ring substituents is 1. The van der Waals surface area contributed by atoms with Crippen LogP contribution in [0.15, 0.2) is 78.9 Å². The Bertz CT molecular complexity index is 1480. The summed E-state index contributed by atoms with van der Waals surface area (Å²) < 4.78 is 5.17. The lowest BCUT2D eigenvalue weighted by Crippen LogP contribution is -2.46. The largest absolute Gasteiger partial charge is 0.468 e. The van der Waals surface area contributed by atoms with Gasteiger partial charge in [-0.1, -0.05) is 54.1 Å². The Morgan fingerprint density at radius 3 is 2.38 bits per heavy atom. The van der Waals surface area contributed by atoms with Gasteiger partial charge < -0.3 is 9.64 Å². The summed E-state index contributed by atoms with van der Waals surface area (Å²) in [7, 11) is 1.20. The third-order valence-corrected chi connectivity index (χ3v) is 7.37. The molecule has 0 bridgehead atoms. The quantitative estimate of drug-likeness (QED) is 0.200. The minimum Gasteiger partial charge on any atom is -0.468 e. The predicted molar refractivity (Wildman–Crippen MR) is 137 cm³/mol. The first kappa shape index (κ1) is 24.2. The van der Waals surface area contributed by atoms with Gasteiger partial charge in [0.1, 0.15) is 6.04 Å². The standard InChI is InChI=1S/C28H20ClN3O5/c1-37-27(34)28(16-30)23-15-10-17-4-2-3-5-22(17)31(23)25(26(33)19-6-11-20(29)12-7-19)24(28)18-8-13-21(14-9-18)32(35)36/h2-15,23-25H,1H3/t23?,24-,25+,28+/m0/s1. The highest BCUT2D eigenvalue weighted by molar-refractivity contribution is 6.30. The number of rotatable bonds is 5. The summed E-state index contributed by atoms with van der Waals surface area (Å²) in [5.74, 6) is -2.12. The van der Waals surface area contributed by atoms with Crippen LogP contribution in [-0.2, 0) is 9.53 Å². The van der Waals surface area contributed by atoms with Gasteiger partial charge in [-0.25, -0.2) is 0 Å². The Labute approximate surface area is 217 Å². The summed E-state index contributed by atoms with van der Waals surface area (Å²) in [6, 6.07) is 19.8. The SMILES string of the molecule is COC(=O)[C@]1(C#N)C2C=Cc3ccccc3N2[C@@H](C(=O)c2ccc(Cl)cc2)[C@@H]1c1ccc([N+](=O)[O-])cc1. The molecule has 4 atom stereocenters. The van der Waals surface area contributed by atoms with E-state index in [4.69, 9.17) is 16.3 Å². The zero-order chi connectivity index (χ0) is 26.3. The van der Waals surface area contributed by atoms with Crippen LogP contribution in [0.25, 0.3) is 6.08 Å². The van der Waals surface area contributed by atoms with Crippen LogP contribution in [0.5, 0.6) is 0 Å². The van der Waals surface area contributed by atoms with Crippen LogP contribution in [0.2, 0.25) is 5.02 Å². The summed E-state index contributed by atoms with van der Waals surface area (Å²) in [5, 5.41) is 22.4. The molecule has 0 amide bonds. The van der Waals surface area contributed by atoms with Crippen molar-refractivity contribution in [3.05, 3.63) is 111 Å². The van der Waals surface area contributed by atoms with E-state index in [1.54, 1.807) is 35.2 Å². The van der Waals surface area contributed by atoms with E-state index in [2.05, 4.69) is 6.07 Å². The van der Waals surface area contributed by atoms with Crippen molar-refractivity contribution in [1.29, 1.82) is 5.26 Å². The van der Waals surface area contributed by atoms with Crippen LogP contribution in [0, 0.1) is 26.9 Å². The molecule has 0 aliphatic carbocycles. The highest BCUT2D eigenvalue weighted by Gasteiger charge is 2.67. The molecule has 0 N–H and O–H groups in total. The number of esters is 1. The van der Waals surface area contributed by atoms with Crippen molar-refractivity contribution in [2.75, 3.05) is 12.0 Å². The number of non-ortho nitro benzene ring substituents is 1. The van der Waals surface area contributed by atoms with Gasteiger partial charge >= 0.3 is 5.97 Å². The van der Waals surface area contributed by atoms with Gasteiger partial charge in [0.2, 0.25) is 0 Å². The Morgan fingerprint density at radius 2 is 1.76 bits per heavy atom. The van der Waals surface area contributed by atoms with Crippen LogP contribution in [0.1, 0.15) is 27.4 Å². The lowest BCUT2D eigenvalue weighted by atomic mass is 9.68. The highest BCUT2D eigenvalue weighted by Crippen LogP contribution is 2.56. The van der Waals surface area contributed by atoms with E-state index in [-0.39, 0.29) is 11.5 Å². The highest BCUT2D eigenvalue weighted by atomic mass is 35.5. The molecule has 0 radical (unpaired) electrons. The third kappa shape index (κ3) is 3.67. The number of nitro groups is 1. The molecule has 8 nitrogen and oxygen atoms in total. The number of hydrogen-bond donors (Lipinski definition) is 0. The number of methoxy groups -OCH3 is 1. The van der Waals surface area contributed by atoms with Gasteiger partial charge in [0, 0.05) is 34.3 Å². The Hall–Kier alpha value is -4.48. The number of benzene rings is 3. The summed E-state index contributed by atoms with van der Waals surface area (Å²) in [6.45, 7) is 0. The zero-order valence-corrected chi connectivity index (χ0v) is 20.3. The smallest absolute Gasteiger partial charge is 0.329 e. The molecule has 5 rings (SSSR count). The number of anilines is 1. The predicted octanol–water partition coefficient (Wildman–Crippen LogP) is 5.18. The van der Waals surface area contributed by atoms with E-state index in [9.17, 15) is 25.0 Å². The van der Waals surface area contributed by atoms with Crippen LogP contribution in [-0.4, -0.2) is 35.9 Å². The summed E-state index contributed by atoms with van der Waals surface area (Å²) in [4.78, 5) is 40.3. The second-order valence-corrected chi connectivity index (χ2v) is 9.32. The van der Waals surface area contributed by atoms with Gasteiger partial charge in [0.25, 0.3) is 5.69 Å². The van der Waals surface area contributed by atoms with Crippen molar-refractivity contribution in [3.63, 3.8) is 0 Å².